The molecule has 0 bridgehead atoms. The van der Waals surface area contributed by atoms with Crippen LogP contribution in [-0.2, 0) is 15.1 Å². The van der Waals surface area contributed by atoms with E-state index in [0.717, 1.165) is 13.1 Å². The van der Waals surface area contributed by atoms with E-state index in [0.29, 0.717) is 13.1 Å². The van der Waals surface area contributed by atoms with Crippen LogP contribution in [0.5, 0.6) is 0 Å². The van der Waals surface area contributed by atoms with Gasteiger partial charge in [-0.2, -0.15) is 0 Å². The molecule has 2 unspecified atom stereocenters. The van der Waals surface area contributed by atoms with Gasteiger partial charge in [0.2, 0.25) is 0 Å². The maximum atomic E-state index is 13.0. The van der Waals surface area contributed by atoms with E-state index in [1.807, 2.05) is 4.90 Å². The average Bonchev–Trinajstić information content (AvgIpc) is 2.89. The third-order valence-corrected chi connectivity index (χ3v) is 6.58. The summed E-state index contributed by atoms with van der Waals surface area (Å²) in [5.41, 5.74) is 3.16. The molecule has 1 fully saturated rings. The Morgan fingerprint density at radius 3 is 1.59 bits per heavy atom. The van der Waals surface area contributed by atoms with Crippen LogP contribution in [0.3, 0.4) is 0 Å². The minimum Gasteiger partial charge on any atom is -0.391 e. The number of nitrogens with zero attached hydrogens (tertiary/aromatic N) is 2. The first-order valence-corrected chi connectivity index (χ1v) is 12.0. The van der Waals surface area contributed by atoms with Crippen molar-refractivity contribution in [1.82, 2.24) is 9.80 Å². The lowest BCUT2D eigenvalue weighted by Crippen LogP contribution is -2.58. The number of hydrogen-bond acceptors (Lipinski definition) is 4. The summed E-state index contributed by atoms with van der Waals surface area (Å²) < 4.78 is 5.57. The molecule has 4 rings (SSSR count). The van der Waals surface area contributed by atoms with Gasteiger partial charge in [-0.25, -0.2) is 0 Å². The van der Waals surface area contributed by atoms with Crippen LogP contribution in [0.25, 0.3) is 0 Å². The lowest BCUT2D eigenvalue weighted by atomic mass is 9.75. The predicted octanol–water partition coefficient (Wildman–Crippen LogP) is 3.91. The minimum absolute atomic E-state index is 0.0231. The van der Waals surface area contributed by atoms with Gasteiger partial charge in [0, 0.05) is 26.2 Å². The SMILES string of the molecule is CC(O)COC(C)C(=O)N1CCN(C(c2ccccc2)(c2ccccc2)c2ccccc2)CC1. The molecule has 2 atom stereocenters. The molecule has 1 amide bonds. The van der Waals surface area contributed by atoms with Gasteiger partial charge in [0.05, 0.1) is 18.2 Å². The van der Waals surface area contributed by atoms with Gasteiger partial charge >= 0.3 is 0 Å². The summed E-state index contributed by atoms with van der Waals surface area (Å²) in [7, 11) is 0. The molecule has 1 aliphatic heterocycles. The number of aliphatic hydroxyl groups is 1. The van der Waals surface area contributed by atoms with Crippen molar-refractivity contribution in [2.75, 3.05) is 32.8 Å². The first-order valence-electron chi connectivity index (χ1n) is 12.0. The third kappa shape index (κ3) is 4.92. The van der Waals surface area contributed by atoms with Crippen LogP contribution in [-0.4, -0.2) is 65.8 Å². The van der Waals surface area contributed by atoms with Gasteiger partial charge in [-0.3, -0.25) is 9.69 Å². The molecule has 5 nitrogen and oxygen atoms in total. The Morgan fingerprint density at radius 2 is 1.21 bits per heavy atom. The summed E-state index contributed by atoms with van der Waals surface area (Å²) >= 11 is 0. The number of aliphatic hydroxyl groups excluding tert-OH is 1. The monoisotopic (exact) mass is 458 g/mol. The van der Waals surface area contributed by atoms with Gasteiger partial charge in [0.1, 0.15) is 6.10 Å². The predicted molar refractivity (Wildman–Crippen MR) is 134 cm³/mol. The third-order valence-electron chi connectivity index (χ3n) is 6.58. The van der Waals surface area contributed by atoms with Gasteiger partial charge in [0.15, 0.2) is 0 Å². The minimum atomic E-state index is -0.588. The molecule has 5 heteroatoms. The van der Waals surface area contributed by atoms with E-state index in [4.69, 9.17) is 4.74 Å². The van der Waals surface area contributed by atoms with E-state index in [1.165, 1.54) is 16.7 Å². The molecule has 0 saturated carbocycles. The average molecular weight is 459 g/mol. The Morgan fingerprint density at radius 1 is 0.794 bits per heavy atom. The molecule has 1 heterocycles. The van der Waals surface area contributed by atoms with Gasteiger partial charge in [-0.15, -0.1) is 0 Å². The first kappa shape index (κ1) is 24.1. The number of piperazine rings is 1. The Balaban J connectivity index is 1.67. The highest BCUT2D eigenvalue weighted by Gasteiger charge is 2.43. The van der Waals surface area contributed by atoms with Crippen molar-refractivity contribution in [3.63, 3.8) is 0 Å². The Kier molecular flexibility index (Phi) is 7.78. The van der Waals surface area contributed by atoms with E-state index in [9.17, 15) is 9.90 Å². The molecular weight excluding hydrogens is 424 g/mol. The number of amides is 1. The van der Waals surface area contributed by atoms with Gasteiger partial charge in [0.25, 0.3) is 5.91 Å². The fourth-order valence-electron chi connectivity index (χ4n) is 4.96. The quantitative estimate of drug-likeness (QED) is 0.520. The first-order chi connectivity index (χ1) is 16.5. The molecule has 3 aromatic rings. The molecule has 0 spiro atoms. The fourth-order valence-corrected chi connectivity index (χ4v) is 4.96. The molecule has 178 valence electrons. The molecule has 0 aromatic heterocycles. The molecular formula is C29H34N2O3. The lowest BCUT2D eigenvalue weighted by molar-refractivity contribution is -0.146. The summed E-state index contributed by atoms with van der Waals surface area (Å²) in [6, 6.07) is 31.9. The van der Waals surface area contributed by atoms with Crippen LogP contribution >= 0.6 is 0 Å². The van der Waals surface area contributed by atoms with Crippen LogP contribution in [0.4, 0.5) is 0 Å². The van der Waals surface area contributed by atoms with Crippen molar-refractivity contribution in [3.05, 3.63) is 108 Å². The molecule has 0 aliphatic carbocycles. The molecule has 1 aliphatic rings. The second-order valence-electron chi connectivity index (χ2n) is 8.95. The van der Waals surface area contributed by atoms with Crippen molar-refractivity contribution in [2.45, 2.75) is 31.6 Å². The summed E-state index contributed by atoms with van der Waals surface area (Å²) in [6.45, 7) is 6.28. The summed E-state index contributed by atoms with van der Waals surface area (Å²) in [4.78, 5) is 17.4. The van der Waals surface area contributed by atoms with E-state index < -0.39 is 17.7 Å². The molecule has 1 N–H and O–H groups in total. The highest BCUT2D eigenvalue weighted by atomic mass is 16.5. The van der Waals surface area contributed by atoms with E-state index in [-0.39, 0.29) is 12.5 Å². The number of carbonyl (C=O) groups excluding carboxylic acids is 1. The van der Waals surface area contributed by atoms with E-state index in [1.54, 1.807) is 13.8 Å². The molecule has 34 heavy (non-hydrogen) atoms. The second kappa shape index (κ2) is 11.0. The maximum absolute atomic E-state index is 13.0. The van der Waals surface area contributed by atoms with Crippen molar-refractivity contribution < 1.29 is 14.6 Å². The Bertz CT molecular complexity index is 936. The maximum Gasteiger partial charge on any atom is 0.251 e. The summed E-state index contributed by atoms with van der Waals surface area (Å²) in [5, 5.41) is 9.49. The van der Waals surface area contributed by atoms with Crippen molar-refractivity contribution >= 4 is 5.91 Å². The summed E-state index contributed by atoms with van der Waals surface area (Å²) in [6.07, 6.45) is -1.15. The largest absolute Gasteiger partial charge is 0.391 e. The van der Waals surface area contributed by atoms with Crippen LogP contribution in [0.2, 0.25) is 0 Å². The van der Waals surface area contributed by atoms with Gasteiger partial charge in [-0.1, -0.05) is 91.0 Å². The summed E-state index contributed by atoms with van der Waals surface area (Å²) in [5.74, 6) is -0.0231. The van der Waals surface area contributed by atoms with Crippen LogP contribution in [0, 0.1) is 0 Å². The van der Waals surface area contributed by atoms with Crippen molar-refractivity contribution in [2.24, 2.45) is 0 Å². The molecule has 3 aromatic carbocycles. The lowest BCUT2D eigenvalue weighted by Gasteiger charge is -2.49. The normalized spacial score (nSPS) is 16.7. The Labute approximate surface area is 202 Å². The fraction of sp³-hybridized carbons (Fsp3) is 0.345. The number of carbonyl (C=O) groups is 1. The number of rotatable bonds is 8. The topological polar surface area (TPSA) is 53.0 Å². The van der Waals surface area contributed by atoms with E-state index in [2.05, 4.69) is 95.9 Å². The Hall–Kier alpha value is -2.99. The zero-order chi connectivity index (χ0) is 24.0. The van der Waals surface area contributed by atoms with Crippen LogP contribution < -0.4 is 0 Å². The van der Waals surface area contributed by atoms with Crippen LogP contribution in [0.15, 0.2) is 91.0 Å². The smallest absolute Gasteiger partial charge is 0.251 e. The van der Waals surface area contributed by atoms with Gasteiger partial charge in [-0.05, 0) is 30.5 Å². The number of ether oxygens (including phenoxy) is 1. The van der Waals surface area contributed by atoms with Crippen molar-refractivity contribution in [1.29, 1.82) is 0 Å². The highest BCUT2D eigenvalue weighted by molar-refractivity contribution is 5.80. The zero-order valence-corrected chi connectivity index (χ0v) is 20.0. The number of hydrogen-bond donors (Lipinski definition) is 1. The van der Waals surface area contributed by atoms with Gasteiger partial charge < -0.3 is 14.7 Å². The van der Waals surface area contributed by atoms with Crippen LogP contribution in [0.1, 0.15) is 30.5 Å². The second-order valence-corrected chi connectivity index (χ2v) is 8.95. The molecule has 1 saturated heterocycles. The highest BCUT2D eigenvalue weighted by Crippen LogP contribution is 2.42. The standard InChI is InChI=1S/C29H34N2O3/c1-23(32)22-34-24(2)28(33)30-18-20-31(21-19-30)29(25-12-6-3-7-13-25,26-14-8-4-9-15-26)27-16-10-5-11-17-27/h3-17,23-24,32H,18-22H2,1-2H3. The van der Waals surface area contributed by atoms with E-state index >= 15 is 0 Å². The zero-order valence-electron chi connectivity index (χ0n) is 20.0. The number of benzene rings is 3. The van der Waals surface area contributed by atoms with Crippen molar-refractivity contribution in [3.8, 4) is 0 Å². The molecule has 0 radical (unpaired) electrons.